The molecule has 2 aromatic carbocycles. The maximum Gasteiger partial charge on any atom is 0.335 e. The van der Waals surface area contributed by atoms with Crippen LogP contribution in [0.1, 0.15) is 20.9 Å². The van der Waals surface area contributed by atoms with Crippen molar-refractivity contribution in [3.8, 4) is 17.0 Å². The van der Waals surface area contributed by atoms with Crippen molar-refractivity contribution in [3.05, 3.63) is 70.0 Å². The summed E-state index contributed by atoms with van der Waals surface area (Å²) in [6.07, 6.45) is 0. The molecule has 116 valence electrons. The van der Waals surface area contributed by atoms with Gasteiger partial charge in [-0.15, -0.1) is 11.3 Å². The van der Waals surface area contributed by atoms with E-state index in [1.165, 1.54) is 0 Å². The fourth-order valence-electron chi connectivity index (χ4n) is 2.20. The summed E-state index contributed by atoms with van der Waals surface area (Å²) >= 11 is 1.61. The van der Waals surface area contributed by atoms with Gasteiger partial charge in [-0.25, -0.2) is 9.78 Å². The number of hydrogen-bond acceptors (Lipinski definition) is 4. The number of nitrogens with zero attached hydrogens (tertiary/aromatic N) is 1. The summed E-state index contributed by atoms with van der Waals surface area (Å²) in [5, 5.41) is 12.1. The molecule has 3 aromatic rings. The lowest BCUT2D eigenvalue weighted by molar-refractivity contribution is 0.0696. The molecule has 0 bridgehead atoms. The van der Waals surface area contributed by atoms with Gasteiger partial charge >= 0.3 is 5.97 Å². The highest BCUT2D eigenvalue weighted by atomic mass is 32.1. The number of carboxylic acids is 1. The number of carboxylic acid groups (broad SMARTS) is 1. The Morgan fingerprint density at radius 1 is 1.22 bits per heavy atom. The van der Waals surface area contributed by atoms with E-state index in [0.717, 1.165) is 27.6 Å². The van der Waals surface area contributed by atoms with Gasteiger partial charge in [0.2, 0.25) is 0 Å². The lowest BCUT2D eigenvalue weighted by Crippen LogP contribution is -2.00. The molecule has 0 saturated heterocycles. The summed E-state index contributed by atoms with van der Waals surface area (Å²) in [5.41, 5.74) is 3.02. The molecule has 0 fully saturated rings. The molecule has 0 spiro atoms. The molecule has 5 heteroatoms. The van der Waals surface area contributed by atoms with Crippen molar-refractivity contribution in [2.45, 2.75) is 13.5 Å². The maximum atomic E-state index is 11.0. The molecule has 4 nitrogen and oxygen atoms in total. The van der Waals surface area contributed by atoms with Gasteiger partial charge in [-0.3, -0.25) is 0 Å². The van der Waals surface area contributed by atoms with Crippen LogP contribution < -0.4 is 4.74 Å². The molecule has 0 aliphatic heterocycles. The van der Waals surface area contributed by atoms with Crippen LogP contribution in [0.2, 0.25) is 0 Å². The predicted octanol–water partition coefficient (Wildman–Crippen LogP) is 4.40. The molecule has 1 aromatic heterocycles. The number of carbonyl (C=O) groups is 1. The van der Waals surface area contributed by atoms with E-state index in [2.05, 4.69) is 4.98 Å². The van der Waals surface area contributed by atoms with Crippen LogP contribution in [0.5, 0.6) is 5.75 Å². The summed E-state index contributed by atoms with van der Waals surface area (Å²) in [6, 6.07) is 14.5. The number of aryl methyl sites for hydroxylation is 1. The maximum absolute atomic E-state index is 11.0. The van der Waals surface area contributed by atoms with E-state index >= 15 is 0 Å². The van der Waals surface area contributed by atoms with Crippen molar-refractivity contribution in [1.82, 2.24) is 4.98 Å². The highest BCUT2D eigenvalue weighted by molar-refractivity contribution is 7.09. The number of ether oxygens (including phenoxy) is 1. The van der Waals surface area contributed by atoms with Crippen LogP contribution >= 0.6 is 11.3 Å². The Morgan fingerprint density at radius 3 is 2.78 bits per heavy atom. The van der Waals surface area contributed by atoms with Crippen molar-refractivity contribution in [2.24, 2.45) is 0 Å². The average Bonchev–Trinajstić information content (AvgIpc) is 3.00. The third kappa shape index (κ3) is 3.76. The van der Waals surface area contributed by atoms with Crippen molar-refractivity contribution >= 4 is 17.3 Å². The van der Waals surface area contributed by atoms with Gasteiger partial charge in [-0.05, 0) is 36.8 Å². The van der Waals surface area contributed by atoms with E-state index in [1.807, 2.05) is 42.6 Å². The number of thiazole rings is 1. The first-order valence-corrected chi connectivity index (χ1v) is 7.97. The van der Waals surface area contributed by atoms with Crippen LogP contribution in [0, 0.1) is 6.92 Å². The Labute approximate surface area is 138 Å². The fourth-order valence-corrected chi connectivity index (χ4v) is 2.82. The van der Waals surface area contributed by atoms with Crippen molar-refractivity contribution in [1.29, 1.82) is 0 Å². The Hall–Kier alpha value is -2.66. The minimum atomic E-state index is -0.937. The van der Waals surface area contributed by atoms with Gasteiger partial charge < -0.3 is 9.84 Å². The summed E-state index contributed by atoms with van der Waals surface area (Å²) in [4.78, 5) is 15.5. The molecule has 0 radical (unpaired) electrons. The van der Waals surface area contributed by atoms with Gasteiger partial charge in [0.05, 0.1) is 16.3 Å². The molecule has 0 unspecified atom stereocenters. The standard InChI is InChI=1S/C18H15NO3S/c1-12-19-17(11-23-12)14-5-3-7-16(9-14)22-10-13-4-2-6-15(8-13)18(20)21/h2-9,11H,10H2,1H3,(H,20,21). The number of aromatic carboxylic acids is 1. The lowest BCUT2D eigenvalue weighted by atomic mass is 10.1. The highest BCUT2D eigenvalue weighted by Gasteiger charge is 2.06. The van der Waals surface area contributed by atoms with Crippen LogP contribution in [0.25, 0.3) is 11.3 Å². The molecular weight excluding hydrogens is 310 g/mol. The Morgan fingerprint density at radius 2 is 2.04 bits per heavy atom. The van der Waals surface area contributed by atoms with Crippen LogP contribution in [-0.4, -0.2) is 16.1 Å². The smallest absolute Gasteiger partial charge is 0.335 e. The lowest BCUT2D eigenvalue weighted by Gasteiger charge is -2.08. The van der Waals surface area contributed by atoms with Gasteiger partial charge in [0.1, 0.15) is 12.4 Å². The average molecular weight is 325 g/mol. The van der Waals surface area contributed by atoms with E-state index < -0.39 is 5.97 Å². The summed E-state index contributed by atoms with van der Waals surface area (Å²) in [5.74, 6) is -0.207. The normalized spacial score (nSPS) is 10.5. The third-order valence-electron chi connectivity index (χ3n) is 3.33. The second kappa shape index (κ2) is 6.62. The van der Waals surface area contributed by atoms with Gasteiger partial charge in [-0.1, -0.05) is 24.3 Å². The second-order valence-corrected chi connectivity index (χ2v) is 6.14. The van der Waals surface area contributed by atoms with E-state index in [4.69, 9.17) is 9.84 Å². The SMILES string of the molecule is Cc1nc(-c2cccc(OCc3cccc(C(=O)O)c3)c2)cs1. The molecule has 1 heterocycles. The van der Waals surface area contributed by atoms with Crippen LogP contribution in [0.3, 0.4) is 0 Å². The monoisotopic (exact) mass is 325 g/mol. The summed E-state index contributed by atoms with van der Waals surface area (Å²) in [7, 11) is 0. The van der Waals surface area contributed by atoms with Gasteiger partial charge in [0.15, 0.2) is 0 Å². The Balaban J connectivity index is 1.74. The molecule has 0 atom stereocenters. The van der Waals surface area contributed by atoms with Gasteiger partial charge in [-0.2, -0.15) is 0 Å². The van der Waals surface area contributed by atoms with Crippen LogP contribution in [0.4, 0.5) is 0 Å². The van der Waals surface area contributed by atoms with Crippen molar-refractivity contribution < 1.29 is 14.6 Å². The topological polar surface area (TPSA) is 59.4 Å². The minimum Gasteiger partial charge on any atom is -0.489 e. The number of benzene rings is 2. The largest absolute Gasteiger partial charge is 0.489 e. The van der Waals surface area contributed by atoms with Crippen molar-refractivity contribution in [3.63, 3.8) is 0 Å². The molecule has 1 N–H and O–H groups in total. The van der Waals surface area contributed by atoms with Crippen LogP contribution in [0.15, 0.2) is 53.9 Å². The second-order valence-electron chi connectivity index (χ2n) is 5.07. The highest BCUT2D eigenvalue weighted by Crippen LogP contribution is 2.25. The first-order chi connectivity index (χ1) is 11.1. The molecule has 3 rings (SSSR count). The number of rotatable bonds is 5. The van der Waals surface area contributed by atoms with Crippen molar-refractivity contribution in [2.75, 3.05) is 0 Å². The Kier molecular flexibility index (Phi) is 4.39. The van der Waals surface area contributed by atoms with E-state index in [0.29, 0.717) is 6.61 Å². The molecule has 0 amide bonds. The quantitative estimate of drug-likeness (QED) is 0.755. The fraction of sp³-hybridized carbons (Fsp3) is 0.111. The molecule has 23 heavy (non-hydrogen) atoms. The summed E-state index contributed by atoms with van der Waals surface area (Å²) < 4.78 is 5.78. The number of aromatic nitrogens is 1. The minimum absolute atomic E-state index is 0.262. The Bertz CT molecular complexity index is 842. The molecular formula is C18H15NO3S. The zero-order valence-corrected chi connectivity index (χ0v) is 13.3. The zero-order valence-electron chi connectivity index (χ0n) is 12.5. The first-order valence-electron chi connectivity index (χ1n) is 7.09. The predicted molar refractivity (Wildman–Crippen MR) is 90.0 cm³/mol. The molecule has 0 aliphatic rings. The van der Waals surface area contributed by atoms with Gasteiger partial charge in [0.25, 0.3) is 0 Å². The van der Waals surface area contributed by atoms with Crippen LogP contribution in [-0.2, 0) is 6.61 Å². The zero-order chi connectivity index (χ0) is 16.2. The van der Waals surface area contributed by atoms with Gasteiger partial charge in [0, 0.05) is 10.9 Å². The van der Waals surface area contributed by atoms with E-state index in [-0.39, 0.29) is 5.56 Å². The summed E-state index contributed by atoms with van der Waals surface area (Å²) in [6.45, 7) is 2.30. The van der Waals surface area contributed by atoms with E-state index in [1.54, 1.807) is 29.5 Å². The molecule has 0 aliphatic carbocycles. The molecule has 0 saturated carbocycles. The third-order valence-corrected chi connectivity index (χ3v) is 4.10. The van der Waals surface area contributed by atoms with E-state index in [9.17, 15) is 4.79 Å². The number of hydrogen-bond donors (Lipinski definition) is 1. The first kappa shape index (κ1) is 15.2.